The number of anilines is 1. The summed E-state index contributed by atoms with van der Waals surface area (Å²) < 4.78 is 89.3. The number of benzene rings is 3. The van der Waals surface area contributed by atoms with Crippen LogP contribution in [0.15, 0.2) is 54.7 Å². The summed E-state index contributed by atoms with van der Waals surface area (Å²) >= 11 is 12.5. The number of aromatic nitrogens is 1. The number of nitrogens with one attached hydrogen (secondary N) is 1. The number of rotatable bonds is 7. The molecule has 3 aromatic carbocycles. The number of carboxylic acid groups (broad SMARTS) is 1. The average Bonchev–Trinajstić information content (AvgIpc) is 2.96. The molecule has 1 aromatic heterocycles. The molecule has 0 unspecified atom stereocenters. The molecule has 0 saturated carbocycles. The minimum atomic E-state index is -4.76. The summed E-state index contributed by atoms with van der Waals surface area (Å²) in [6.45, 7) is -1.17. The molecule has 45 heavy (non-hydrogen) atoms. The molecule has 2 atom stereocenters. The van der Waals surface area contributed by atoms with Gasteiger partial charge in [0.2, 0.25) is 0 Å². The van der Waals surface area contributed by atoms with Gasteiger partial charge >= 0.3 is 12.1 Å². The summed E-state index contributed by atoms with van der Waals surface area (Å²) in [4.78, 5) is 30.2. The van der Waals surface area contributed by atoms with Crippen LogP contribution >= 0.6 is 23.2 Å². The number of carbonyl (C=O) groups is 2. The molecule has 2 N–H and O–H groups in total. The van der Waals surface area contributed by atoms with Crippen molar-refractivity contribution in [1.29, 1.82) is 0 Å². The highest BCUT2D eigenvalue weighted by Crippen LogP contribution is 2.40. The van der Waals surface area contributed by atoms with E-state index in [0.29, 0.717) is 39.7 Å². The zero-order chi connectivity index (χ0) is 32.6. The van der Waals surface area contributed by atoms with Crippen molar-refractivity contribution in [2.45, 2.75) is 24.7 Å². The molecule has 0 aliphatic carbocycles. The average molecular weight is 672 g/mol. The summed E-state index contributed by atoms with van der Waals surface area (Å²) in [7, 11) is 0. The Morgan fingerprint density at radius 2 is 1.73 bits per heavy atom. The van der Waals surface area contributed by atoms with Gasteiger partial charge in [0, 0.05) is 35.8 Å². The number of alkyl halides is 3. The predicted octanol–water partition coefficient (Wildman–Crippen LogP) is 6.82. The van der Waals surface area contributed by atoms with Crippen molar-refractivity contribution in [1.82, 2.24) is 10.3 Å². The van der Waals surface area contributed by atoms with Gasteiger partial charge in [-0.05, 0) is 41.5 Å². The fraction of sp³-hybridized carbons (Fsp3) is 0.233. The number of aliphatic carboxylic acids is 1. The summed E-state index contributed by atoms with van der Waals surface area (Å²) in [5.41, 5.74) is -0.247. The lowest BCUT2D eigenvalue weighted by molar-refractivity contribution is -0.167. The van der Waals surface area contributed by atoms with E-state index in [-0.39, 0.29) is 29.6 Å². The Labute approximate surface area is 261 Å². The second-order valence-electron chi connectivity index (χ2n) is 10.1. The number of amides is 1. The van der Waals surface area contributed by atoms with Crippen LogP contribution < -0.4 is 10.2 Å². The van der Waals surface area contributed by atoms with Crippen molar-refractivity contribution in [2.24, 2.45) is 0 Å². The van der Waals surface area contributed by atoms with Crippen molar-refractivity contribution in [3.63, 3.8) is 0 Å². The Bertz CT molecular complexity index is 1760. The highest BCUT2D eigenvalue weighted by atomic mass is 35.5. The fourth-order valence-corrected chi connectivity index (χ4v) is 5.85. The van der Waals surface area contributed by atoms with E-state index in [9.17, 15) is 32.3 Å². The van der Waals surface area contributed by atoms with Gasteiger partial charge in [0.05, 0.1) is 28.8 Å². The third kappa shape index (κ3) is 6.65. The van der Waals surface area contributed by atoms with Crippen molar-refractivity contribution in [3.05, 3.63) is 93.4 Å². The number of morpholine rings is 1. The van der Waals surface area contributed by atoms with Crippen LogP contribution in [0.1, 0.15) is 15.9 Å². The number of nitrogens with zero attached hydrogens (tertiary/aromatic N) is 2. The first kappa shape index (κ1) is 32.3. The zero-order valence-corrected chi connectivity index (χ0v) is 24.3. The molecule has 1 aliphatic rings. The zero-order valence-electron chi connectivity index (χ0n) is 22.8. The topological polar surface area (TPSA) is 91.8 Å². The van der Waals surface area contributed by atoms with Crippen LogP contribution in [0.2, 0.25) is 10.0 Å². The van der Waals surface area contributed by atoms with E-state index < -0.39 is 65.4 Å². The van der Waals surface area contributed by atoms with Gasteiger partial charge in [-0.3, -0.25) is 9.78 Å². The van der Waals surface area contributed by atoms with E-state index in [1.54, 1.807) is 18.2 Å². The quantitative estimate of drug-likeness (QED) is 0.210. The van der Waals surface area contributed by atoms with Crippen LogP contribution in [0.5, 0.6) is 0 Å². The lowest BCUT2D eigenvalue weighted by Gasteiger charge is -2.38. The molecule has 5 rings (SSSR count). The van der Waals surface area contributed by atoms with Crippen LogP contribution in [0.3, 0.4) is 0 Å². The fourth-order valence-electron chi connectivity index (χ4n) is 5.19. The molecule has 0 radical (unpaired) electrons. The molecule has 7 nitrogen and oxygen atoms in total. The number of fused-ring (bicyclic) bond motifs is 1. The first-order valence-electron chi connectivity index (χ1n) is 13.2. The molecule has 0 bridgehead atoms. The first-order valence-corrected chi connectivity index (χ1v) is 14.0. The maximum atomic E-state index is 15.1. The van der Waals surface area contributed by atoms with E-state index in [2.05, 4.69) is 10.3 Å². The first-order chi connectivity index (χ1) is 21.3. The summed E-state index contributed by atoms with van der Waals surface area (Å²) in [5, 5.41) is 12.5. The summed E-state index contributed by atoms with van der Waals surface area (Å²) in [5.74, 6) is -6.59. The molecular formula is C30H21Cl2F6N3O4. The summed E-state index contributed by atoms with van der Waals surface area (Å²) in [6.07, 6.45) is -3.71. The van der Waals surface area contributed by atoms with Crippen LogP contribution in [0.25, 0.3) is 22.0 Å². The monoisotopic (exact) mass is 671 g/mol. The van der Waals surface area contributed by atoms with Gasteiger partial charge in [-0.15, -0.1) is 0 Å². The summed E-state index contributed by atoms with van der Waals surface area (Å²) in [6, 6.07) is 5.76. The Balaban J connectivity index is 1.43. The molecule has 1 saturated heterocycles. The molecule has 4 aromatic rings. The minimum Gasteiger partial charge on any atom is -0.480 e. The number of carbonyl (C=O) groups excluding carboxylic acids is 1. The molecular weight excluding hydrogens is 651 g/mol. The third-order valence-corrected chi connectivity index (χ3v) is 7.84. The molecule has 236 valence electrons. The van der Waals surface area contributed by atoms with Crippen molar-refractivity contribution in [2.75, 3.05) is 24.7 Å². The van der Waals surface area contributed by atoms with Crippen LogP contribution in [-0.4, -0.2) is 60.0 Å². The van der Waals surface area contributed by atoms with E-state index in [0.717, 1.165) is 17.0 Å². The maximum absolute atomic E-state index is 15.1. The van der Waals surface area contributed by atoms with E-state index in [4.69, 9.17) is 27.9 Å². The van der Waals surface area contributed by atoms with Gasteiger partial charge in [0.25, 0.3) is 5.91 Å². The largest absolute Gasteiger partial charge is 0.480 e. The molecule has 0 spiro atoms. The van der Waals surface area contributed by atoms with E-state index >= 15 is 8.78 Å². The van der Waals surface area contributed by atoms with Crippen molar-refractivity contribution < 1.29 is 45.8 Å². The van der Waals surface area contributed by atoms with Gasteiger partial charge < -0.3 is 20.1 Å². The lowest BCUT2D eigenvalue weighted by atomic mass is 9.95. The Morgan fingerprint density at radius 1 is 1.07 bits per heavy atom. The normalized spacial score (nSPS) is 16.1. The molecule has 2 heterocycles. The van der Waals surface area contributed by atoms with Crippen molar-refractivity contribution in [3.8, 4) is 11.1 Å². The van der Waals surface area contributed by atoms with Crippen LogP contribution in [0.4, 0.5) is 32.0 Å². The SMILES string of the molecule is O=C(N[C@@H](Cc1ccc(-c2c(Cl)cc(F)cc2Cl)c2cccnc12)C(=O)O)c1c(F)cc(N2CCOC[C@H]2C(F)(F)F)cc1F. The van der Waals surface area contributed by atoms with E-state index in [1.165, 1.54) is 12.3 Å². The third-order valence-electron chi connectivity index (χ3n) is 7.25. The number of halogens is 8. The highest BCUT2D eigenvalue weighted by molar-refractivity contribution is 6.39. The molecule has 15 heteroatoms. The van der Waals surface area contributed by atoms with Gasteiger partial charge in [-0.2, -0.15) is 13.2 Å². The number of hydrogen-bond donors (Lipinski definition) is 2. The number of hydrogen-bond acceptors (Lipinski definition) is 5. The maximum Gasteiger partial charge on any atom is 0.411 e. The smallest absolute Gasteiger partial charge is 0.411 e. The van der Waals surface area contributed by atoms with Gasteiger partial charge in [-0.1, -0.05) is 41.4 Å². The number of ether oxygens (including phenoxy) is 1. The Hall–Kier alpha value is -4.07. The standard InChI is InChI=1S/C30H21Cl2F6N3O4/c31-19-9-15(33)10-20(32)25(19)17-4-3-14(27-18(17)2-1-5-39-27)8-23(29(43)44)40-28(42)26-21(34)11-16(12-22(26)35)41-6-7-45-13-24(41)30(36,37)38/h1-5,9-12,23-24H,6-8,13H2,(H,40,42)(H,43,44)/t23-,24-/m0/s1. The number of carboxylic acids is 1. The van der Waals surface area contributed by atoms with E-state index in [1.807, 2.05) is 0 Å². The van der Waals surface area contributed by atoms with Gasteiger partial charge in [-0.25, -0.2) is 18.0 Å². The lowest BCUT2D eigenvalue weighted by Crippen LogP contribution is -2.53. The highest BCUT2D eigenvalue weighted by Gasteiger charge is 2.46. The predicted molar refractivity (Wildman–Crippen MR) is 154 cm³/mol. The van der Waals surface area contributed by atoms with Gasteiger partial charge in [0.15, 0.2) is 0 Å². The van der Waals surface area contributed by atoms with Gasteiger partial charge in [0.1, 0.15) is 35.1 Å². The Kier molecular flexibility index (Phi) is 9.15. The molecule has 1 aliphatic heterocycles. The van der Waals surface area contributed by atoms with Crippen LogP contribution in [0, 0.1) is 17.5 Å². The van der Waals surface area contributed by atoms with Crippen molar-refractivity contribution >= 4 is 51.7 Å². The minimum absolute atomic E-state index is 0.0196. The Morgan fingerprint density at radius 3 is 2.36 bits per heavy atom. The second-order valence-corrected chi connectivity index (χ2v) is 10.9. The molecule has 1 fully saturated rings. The molecule has 1 amide bonds. The van der Waals surface area contributed by atoms with Crippen LogP contribution in [-0.2, 0) is 16.0 Å². The second kappa shape index (κ2) is 12.7. The number of pyridine rings is 1.